The fraction of sp³-hybridized carbons (Fsp3) is 0. The molecular weight excluding hydrogens is 146 g/mol. The predicted molar refractivity (Wildman–Crippen MR) is 40.0 cm³/mol. The number of nitrogens with one attached hydrogen (secondary N) is 1. The molecule has 0 aliphatic heterocycles. The molecule has 2 aromatic heterocycles. The molecule has 6 N–H and O–H groups in total. The van der Waals surface area contributed by atoms with Gasteiger partial charge in [0.25, 0.3) is 0 Å². The van der Waals surface area contributed by atoms with E-state index in [1.54, 1.807) is 0 Å². The first-order valence-corrected chi connectivity index (χ1v) is 3.00. The van der Waals surface area contributed by atoms with Crippen molar-refractivity contribution in [2.24, 2.45) is 0 Å². The topological polar surface area (TPSA) is 105 Å². The zero-order chi connectivity index (χ0) is 8.01. The summed E-state index contributed by atoms with van der Waals surface area (Å²) in [6.07, 6.45) is 1.39. The average molecular weight is 153 g/mol. The number of aromatic hydroxyl groups is 1. The highest BCUT2D eigenvalue weighted by molar-refractivity contribution is 5.76. The Morgan fingerprint density at radius 1 is 1.55 bits per heavy atom. The minimum absolute atomic E-state index is 0.0131. The molecule has 2 aromatic rings. The van der Waals surface area contributed by atoms with Crippen molar-refractivity contribution in [1.29, 1.82) is 0 Å². The molecule has 2 rings (SSSR count). The Morgan fingerprint density at radius 3 is 2.91 bits per heavy atom. The number of rotatable bonds is 0. The van der Waals surface area contributed by atoms with Crippen molar-refractivity contribution in [2.45, 2.75) is 0 Å². The molecule has 0 saturated heterocycles. The summed E-state index contributed by atoms with van der Waals surface area (Å²) in [7, 11) is 0. The van der Waals surface area contributed by atoms with Crippen LogP contribution in [0.15, 0.2) is 6.20 Å². The molecule has 2 heterocycles. The summed E-state index contributed by atoms with van der Waals surface area (Å²) in [4.78, 5) is 2.60. The molecule has 0 bridgehead atoms. The van der Waals surface area contributed by atoms with Gasteiger partial charge in [-0.2, -0.15) is 0 Å². The van der Waals surface area contributed by atoms with E-state index in [1.807, 2.05) is 0 Å². The normalized spacial score (nSPS) is 10.9. The van der Waals surface area contributed by atoms with Crippen LogP contribution in [0, 0.1) is 0 Å². The van der Waals surface area contributed by atoms with E-state index in [2.05, 4.69) is 10.1 Å². The molecule has 0 radical (unpaired) electrons. The number of hydrogen-bond donors (Lipinski definition) is 4. The molecular formula is C5H7N5O. The largest absolute Gasteiger partial charge is 0.493 e. The highest BCUT2D eigenvalue weighted by Crippen LogP contribution is 2.21. The van der Waals surface area contributed by atoms with Crippen molar-refractivity contribution < 1.29 is 5.11 Å². The van der Waals surface area contributed by atoms with Gasteiger partial charge < -0.3 is 21.6 Å². The molecule has 0 amide bonds. The molecule has 0 aliphatic carbocycles. The number of hydrogen-bond acceptors (Lipinski definition) is 4. The minimum atomic E-state index is 0.0131. The van der Waals surface area contributed by atoms with E-state index in [1.165, 1.54) is 10.7 Å². The van der Waals surface area contributed by atoms with Gasteiger partial charge in [0, 0.05) is 0 Å². The van der Waals surface area contributed by atoms with Crippen molar-refractivity contribution in [3.8, 4) is 5.88 Å². The van der Waals surface area contributed by atoms with Crippen LogP contribution in [0.5, 0.6) is 5.88 Å². The standard InChI is InChI=1S/C5H7N5O/c6-3-4(7)9-10-1-2(11)8-5(3)10/h1,8,11H,6H2,(H2,7,9). The van der Waals surface area contributed by atoms with Gasteiger partial charge in [-0.15, -0.1) is 5.10 Å². The second kappa shape index (κ2) is 1.60. The van der Waals surface area contributed by atoms with Crippen molar-refractivity contribution >= 4 is 17.2 Å². The monoisotopic (exact) mass is 153 g/mol. The predicted octanol–water partition coefficient (Wildman–Crippen LogP) is -0.468. The van der Waals surface area contributed by atoms with E-state index in [0.29, 0.717) is 11.3 Å². The first kappa shape index (κ1) is 5.90. The van der Waals surface area contributed by atoms with Crippen LogP contribution in [0.1, 0.15) is 0 Å². The molecule has 58 valence electrons. The van der Waals surface area contributed by atoms with Gasteiger partial charge in [0.2, 0.25) is 5.88 Å². The summed E-state index contributed by atoms with van der Waals surface area (Å²) in [5.41, 5.74) is 11.8. The lowest BCUT2D eigenvalue weighted by molar-refractivity contribution is 0.456. The number of nitrogens with zero attached hydrogens (tertiary/aromatic N) is 2. The lowest BCUT2D eigenvalue weighted by atomic mass is 10.5. The Kier molecular flexibility index (Phi) is 0.857. The molecule has 0 unspecified atom stereocenters. The molecule has 0 fully saturated rings. The summed E-state index contributed by atoms with van der Waals surface area (Å²) in [5.74, 6) is 0.274. The fourth-order valence-corrected chi connectivity index (χ4v) is 0.952. The third kappa shape index (κ3) is 0.628. The fourth-order valence-electron chi connectivity index (χ4n) is 0.952. The lowest BCUT2D eigenvalue weighted by Crippen LogP contribution is -1.91. The number of anilines is 2. The maximum Gasteiger partial charge on any atom is 0.209 e. The van der Waals surface area contributed by atoms with E-state index in [-0.39, 0.29) is 11.7 Å². The highest BCUT2D eigenvalue weighted by Gasteiger charge is 2.08. The summed E-state index contributed by atoms with van der Waals surface area (Å²) in [5, 5.41) is 12.8. The number of aromatic amines is 1. The lowest BCUT2D eigenvalue weighted by Gasteiger charge is -1.84. The molecule has 0 aliphatic rings. The SMILES string of the molecule is Nc1nn2cc(O)[nH]c2c1N. The second-order valence-electron chi connectivity index (χ2n) is 2.23. The number of imidazole rings is 1. The van der Waals surface area contributed by atoms with Crippen molar-refractivity contribution in [1.82, 2.24) is 14.6 Å². The Morgan fingerprint density at radius 2 is 2.27 bits per heavy atom. The van der Waals surface area contributed by atoms with Crippen LogP contribution in [0.3, 0.4) is 0 Å². The molecule has 6 heteroatoms. The number of nitrogens with two attached hydrogens (primary N) is 2. The Labute approximate surface area is 61.4 Å². The molecule has 11 heavy (non-hydrogen) atoms. The van der Waals surface area contributed by atoms with Crippen molar-refractivity contribution in [3.05, 3.63) is 6.20 Å². The molecule has 0 spiro atoms. The first-order chi connectivity index (χ1) is 5.18. The van der Waals surface area contributed by atoms with Gasteiger partial charge in [-0.25, -0.2) is 4.52 Å². The molecule has 0 atom stereocenters. The van der Waals surface area contributed by atoms with E-state index in [4.69, 9.17) is 16.6 Å². The summed E-state index contributed by atoms with van der Waals surface area (Å²) < 4.78 is 1.39. The summed E-state index contributed by atoms with van der Waals surface area (Å²) >= 11 is 0. The third-order valence-electron chi connectivity index (χ3n) is 1.47. The van der Waals surface area contributed by atoms with Crippen LogP contribution in [0.25, 0.3) is 5.65 Å². The van der Waals surface area contributed by atoms with Crippen LogP contribution in [-0.4, -0.2) is 19.7 Å². The van der Waals surface area contributed by atoms with E-state index in [9.17, 15) is 0 Å². The summed E-state index contributed by atoms with van der Waals surface area (Å²) in [6.45, 7) is 0. The number of H-pyrrole nitrogens is 1. The molecule has 6 nitrogen and oxygen atoms in total. The zero-order valence-corrected chi connectivity index (χ0v) is 5.57. The van der Waals surface area contributed by atoms with Crippen LogP contribution >= 0.6 is 0 Å². The van der Waals surface area contributed by atoms with Gasteiger partial charge >= 0.3 is 0 Å². The average Bonchev–Trinajstić information content (AvgIpc) is 2.37. The van der Waals surface area contributed by atoms with Gasteiger partial charge in [0.05, 0.1) is 6.20 Å². The number of nitrogen functional groups attached to an aromatic ring is 2. The molecule has 0 aromatic carbocycles. The van der Waals surface area contributed by atoms with Gasteiger partial charge in [0.15, 0.2) is 11.5 Å². The second-order valence-corrected chi connectivity index (χ2v) is 2.23. The Bertz CT molecular complexity index is 400. The van der Waals surface area contributed by atoms with Crippen molar-refractivity contribution in [2.75, 3.05) is 11.5 Å². The van der Waals surface area contributed by atoms with Gasteiger partial charge in [-0.1, -0.05) is 0 Å². The minimum Gasteiger partial charge on any atom is -0.493 e. The van der Waals surface area contributed by atoms with Crippen molar-refractivity contribution in [3.63, 3.8) is 0 Å². The maximum atomic E-state index is 8.95. The van der Waals surface area contributed by atoms with Gasteiger partial charge in [0.1, 0.15) is 5.69 Å². The van der Waals surface area contributed by atoms with Gasteiger partial charge in [-0.05, 0) is 0 Å². The number of fused-ring (bicyclic) bond motifs is 1. The Hall–Kier alpha value is -1.85. The number of aromatic nitrogens is 3. The quantitative estimate of drug-likeness (QED) is 0.410. The summed E-state index contributed by atoms with van der Waals surface area (Å²) in [6, 6.07) is 0. The maximum absolute atomic E-state index is 8.95. The van der Waals surface area contributed by atoms with E-state index >= 15 is 0 Å². The highest BCUT2D eigenvalue weighted by atomic mass is 16.3. The van der Waals surface area contributed by atoms with Crippen LogP contribution < -0.4 is 11.5 Å². The first-order valence-electron chi connectivity index (χ1n) is 3.00. The van der Waals surface area contributed by atoms with Gasteiger partial charge in [-0.3, -0.25) is 0 Å². The zero-order valence-electron chi connectivity index (χ0n) is 5.57. The smallest absolute Gasteiger partial charge is 0.209 e. The van der Waals surface area contributed by atoms with Crippen LogP contribution in [0.4, 0.5) is 11.5 Å². The van der Waals surface area contributed by atoms with Crippen LogP contribution in [-0.2, 0) is 0 Å². The van der Waals surface area contributed by atoms with E-state index in [0.717, 1.165) is 0 Å². The third-order valence-corrected chi connectivity index (χ3v) is 1.47. The Balaban J connectivity index is 2.88. The molecule has 0 saturated carbocycles. The van der Waals surface area contributed by atoms with Crippen LogP contribution in [0.2, 0.25) is 0 Å². The van der Waals surface area contributed by atoms with E-state index < -0.39 is 0 Å².